The molecule has 0 saturated carbocycles. The summed E-state index contributed by atoms with van der Waals surface area (Å²) in [5, 5.41) is 31.7. The summed E-state index contributed by atoms with van der Waals surface area (Å²) in [4.78, 5) is 51.5. The molecule has 87 heavy (non-hydrogen) atoms. The van der Waals surface area contributed by atoms with Crippen LogP contribution in [0.1, 0.15) is 252 Å². The van der Waals surface area contributed by atoms with Gasteiger partial charge in [0.1, 0.15) is 18.8 Å². The minimum atomic E-state index is -1.92. The van der Waals surface area contributed by atoms with Crippen molar-refractivity contribution in [2.24, 2.45) is 0 Å². The summed E-state index contributed by atoms with van der Waals surface area (Å²) >= 11 is 0. The minimum absolute atomic E-state index is 0.0401. The van der Waals surface area contributed by atoms with Crippen LogP contribution in [0.4, 0.5) is 0 Å². The third-order valence-corrected chi connectivity index (χ3v) is 14.4. The van der Waals surface area contributed by atoms with E-state index < -0.39 is 67.3 Å². The first-order valence-electron chi connectivity index (χ1n) is 33.8. The Hall–Kier alpha value is -5.40. The van der Waals surface area contributed by atoms with Crippen LogP contribution >= 0.6 is 0 Å². The summed E-state index contributed by atoms with van der Waals surface area (Å²) in [5.41, 5.74) is 0. The zero-order valence-corrected chi connectivity index (χ0v) is 54.2. The summed E-state index contributed by atoms with van der Waals surface area (Å²) in [7, 11) is 0. The number of aliphatic hydroxyl groups excluding tert-OH is 2. The number of allylic oxidation sites excluding steroid dienone is 24. The Morgan fingerprint density at radius 1 is 0.391 bits per heavy atom. The number of hydrogen-bond acceptors (Lipinski definition) is 11. The summed E-state index contributed by atoms with van der Waals surface area (Å²) < 4.78 is 28.5. The van der Waals surface area contributed by atoms with Crippen LogP contribution in [-0.4, -0.2) is 89.2 Å². The Bertz CT molecular complexity index is 2070. The van der Waals surface area contributed by atoms with Crippen LogP contribution in [0.2, 0.25) is 0 Å². The van der Waals surface area contributed by atoms with Crippen LogP contribution in [-0.2, 0) is 42.9 Å². The highest BCUT2D eigenvalue weighted by Crippen LogP contribution is 2.26. The van der Waals surface area contributed by atoms with Crippen molar-refractivity contribution in [1.82, 2.24) is 0 Å². The minimum Gasteiger partial charge on any atom is -0.479 e. The number of esters is 3. The van der Waals surface area contributed by atoms with Gasteiger partial charge in [-0.2, -0.15) is 0 Å². The molecule has 490 valence electrons. The molecule has 1 heterocycles. The van der Waals surface area contributed by atoms with Gasteiger partial charge in [0.15, 0.2) is 24.6 Å². The number of rotatable bonds is 56. The lowest BCUT2D eigenvalue weighted by Gasteiger charge is -2.40. The van der Waals surface area contributed by atoms with E-state index in [-0.39, 0.29) is 25.9 Å². The van der Waals surface area contributed by atoms with Crippen LogP contribution in [0.25, 0.3) is 0 Å². The largest absolute Gasteiger partial charge is 0.479 e. The first kappa shape index (κ1) is 79.6. The quantitative estimate of drug-likeness (QED) is 0.0228. The van der Waals surface area contributed by atoms with Crippen molar-refractivity contribution in [3.63, 3.8) is 0 Å². The van der Waals surface area contributed by atoms with Gasteiger partial charge in [-0.15, -0.1) is 0 Å². The molecule has 0 aromatic rings. The van der Waals surface area contributed by atoms with Crippen LogP contribution in [0, 0.1) is 0 Å². The van der Waals surface area contributed by atoms with Gasteiger partial charge in [0.05, 0.1) is 6.61 Å². The topological polar surface area (TPSA) is 175 Å². The molecule has 0 spiro atoms. The van der Waals surface area contributed by atoms with E-state index in [0.717, 1.165) is 141 Å². The molecule has 0 bridgehead atoms. The van der Waals surface area contributed by atoms with Gasteiger partial charge in [-0.3, -0.25) is 14.4 Å². The van der Waals surface area contributed by atoms with E-state index >= 15 is 0 Å². The average molecular weight is 1210 g/mol. The molecule has 12 heteroatoms. The summed E-state index contributed by atoms with van der Waals surface area (Å²) in [6.07, 6.45) is 75.1. The predicted octanol–water partition coefficient (Wildman–Crippen LogP) is 18.7. The maximum atomic E-state index is 13.2. The highest BCUT2D eigenvalue weighted by Gasteiger charge is 2.50. The average Bonchev–Trinajstić information content (AvgIpc) is 2.56. The second kappa shape index (κ2) is 60.9. The van der Waals surface area contributed by atoms with Crippen LogP contribution < -0.4 is 0 Å². The highest BCUT2D eigenvalue weighted by molar-refractivity contribution is 5.74. The van der Waals surface area contributed by atoms with Crippen LogP contribution in [0.15, 0.2) is 146 Å². The van der Waals surface area contributed by atoms with Crippen molar-refractivity contribution in [2.45, 2.75) is 289 Å². The molecule has 1 aliphatic rings. The number of aliphatic hydroxyl groups is 2. The number of hydrogen-bond donors (Lipinski definition) is 3. The molecule has 0 aromatic carbocycles. The molecule has 6 unspecified atom stereocenters. The van der Waals surface area contributed by atoms with E-state index in [1.807, 2.05) is 0 Å². The Morgan fingerprint density at radius 2 is 0.724 bits per heavy atom. The number of unbranched alkanes of at least 4 members (excludes halogenated alkanes) is 18. The van der Waals surface area contributed by atoms with Gasteiger partial charge in [-0.05, 0) is 141 Å². The Balaban J connectivity index is 2.71. The van der Waals surface area contributed by atoms with Gasteiger partial charge in [0.2, 0.25) is 0 Å². The lowest BCUT2D eigenvalue weighted by Crippen LogP contribution is -2.61. The zero-order chi connectivity index (χ0) is 63.1. The standard InChI is InChI=1S/C75H118O12/c1-4-7-10-13-16-19-22-25-28-31-34-37-40-43-46-49-52-55-58-61-67(76)83-64-66(85-68(77)62-59-56-53-50-47-44-41-38-35-32-29-26-23-20-17-14-11-8-5-2)65-84-75-73(71(80)70(79)72(87-75)74(81)82)86-69(78)63-60-57-54-51-48-45-42-39-36-33-30-27-24-21-18-15-12-9-6-3/h7-8,10-11,16-21,25-30,34-35,37-38,43-44,46-47,66,70-73,75,79-80H,4-6,9,12-15,22-24,31-33,36,39-42,45,48-65H2,1-3H3,(H,81,82)/b10-7-,11-8-,19-16-,20-17-,21-18-,28-25-,29-26-,30-27-,37-34-,38-35-,46-43-,47-44-. The number of carboxylic acids is 1. The molecule has 12 nitrogen and oxygen atoms in total. The van der Waals surface area contributed by atoms with E-state index in [9.17, 15) is 34.5 Å². The fourth-order valence-corrected chi connectivity index (χ4v) is 9.27. The lowest BCUT2D eigenvalue weighted by atomic mass is 9.98. The van der Waals surface area contributed by atoms with E-state index in [0.29, 0.717) is 19.3 Å². The Labute approximate surface area is 527 Å². The normalized spacial score (nSPS) is 18.3. The smallest absolute Gasteiger partial charge is 0.335 e. The molecule has 1 saturated heterocycles. The van der Waals surface area contributed by atoms with Gasteiger partial charge in [-0.25, -0.2) is 4.79 Å². The third-order valence-electron chi connectivity index (χ3n) is 14.4. The second-order valence-electron chi connectivity index (χ2n) is 22.3. The maximum absolute atomic E-state index is 13.2. The molecule has 0 aliphatic carbocycles. The molecular weight excluding hydrogens is 1090 g/mol. The third kappa shape index (κ3) is 50.2. The van der Waals surface area contributed by atoms with E-state index in [4.69, 9.17) is 23.7 Å². The number of carboxylic acid groups (broad SMARTS) is 1. The zero-order valence-electron chi connectivity index (χ0n) is 54.2. The molecule has 6 atom stereocenters. The number of carbonyl (C=O) groups is 4. The van der Waals surface area contributed by atoms with Gasteiger partial charge in [0.25, 0.3) is 0 Å². The monoisotopic (exact) mass is 1210 g/mol. The molecule has 1 rings (SSSR count). The number of ether oxygens (including phenoxy) is 5. The van der Waals surface area contributed by atoms with Crippen molar-refractivity contribution in [3.8, 4) is 0 Å². The van der Waals surface area contributed by atoms with Gasteiger partial charge >= 0.3 is 23.9 Å². The van der Waals surface area contributed by atoms with Gasteiger partial charge < -0.3 is 39.0 Å². The Morgan fingerprint density at radius 3 is 1.11 bits per heavy atom. The van der Waals surface area contributed by atoms with Crippen LogP contribution in [0.3, 0.4) is 0 Å². The summed E-state index contributed by atoms with van der Waals surface area (Å²) in [6, 6.07) is 0. The van der Waals surface area contributed by atoms with E-state index in [1.54, 1.807) is 0 Å². The fraction of sp³-hybridized carbons (Fsp3) is 0.627. The predicted molar refractivity (Wildman–Crippen MR) is 358 cm³/mol. The maximum Gasteiger partial charge on any atom is 0.335 e. The Kier molecular flexibility index (Phi) is 55.7. The molecule has 3 N–H and O–H groups in total. The fourth-order valence-electron chi connectivity index (χ4n) is 9.27. The van der Waals surface area contributed by atoms with E-state index in [1.165, 1.54) is 51.4 Å². The molecule has 0 aromatic heterocycles. The summed E-state index contributed by atoms with van der Waals surface area (Å²) in [5.74, 6) is -3.23. The molecule has 0 radical (unpaired) electrons. The molecule has 1 fully saturated rings. The lowest BCUT2D eigenvalue weighted by molar-refractivity contribution is -0.301. The second-order valence-corrected chi connectivity index (χ2v) is 22.3. The van der Waals surface area contributed by atoms with Gasteiger partial charge in [-0.1, -0.05) is 237 Å². The molecule has 1 aliphatic heterocycles. The van der Waals surface area contributed by atoms with E-state index in [2.05, 4.69) is 167 Å². The summed E-state index contributed by atoms with van der Waals surface area (Å²) in [6.45, 7) is 5.70. The molecule has 0 amide bonds. The SMILES string of the molecule is CC/C=C\C/C=C\C/C=C\C/C=C\C/C=C\CCCCCC(=O)OCC(COC1OC(C(=O)O)C(O)C(O)C1OC(=O)CCCCCCCCCCC/C=C\C/C=C\CCCCC)OC(=O)CCCCC/C=C\C/C=C\C/C=C\C/C=C\C/C=C\CC. The first-order valence-corrected chi connectivity index (χ1v) is 33.8. The van der Waals surface area contributed by atoms with Crippen LogP contribution in [0.5, 0.6) is 0 Å². The van der Waals surface area contributed by atoms with Crippen molar-refractivity contribution in [2.75, 3.05) is 13.2 Å². The van der Waals surface area contributed by atoms with Crippen molar-refractivity contribution < 1.29 is 58.2 Å². The van der Waals surface area contributed by atoms with Crippen molar-refractivity contribution in [3.05, 3.63) is 146 Å². The molecular formula is C75H118O12. The van der Waals surface area contributed by atoms with Gasteiger partial charge in [0, 0.05) is 19.3 Å². The number of aliphatic carboxylic acids is 1. The highest BCUT2D eigenvalue weighted by atomic mass is 16.7. The van der Waals surface area contributed by atoms with Crippen molar-refractivity contribution in [1.29, 1.82) is 0 Å². The number of carbonyl (C=O) groups excluding carboxylic acids is 3. The first-order chi connectivity index (χ1) is 42.6. The van der Waals surface area contributed by atoms with Crippen molar-refractivity contribution >= 4 is 23.9 Å².